The van der Waals surface area contributed by atoms with Crippen LogP contribution in [0.5, 0.6) is 0 Å². The van der Waals surface area contributed by atoms with E-state index in [-0.39, 0.29) is 18.4 Å². The maximum absolute atomic E-state index is 12.4. The van der Waals surface area contributed by atoms with Gasteiger partial charge in [-0.15, -0.1) is 0 Å². The average Bonchev–Trinajstić information content (AvgIpc) is 2.70. The van der Waals surface area contributed by atoms with Gasteiger partial charge in [-0.25, -0.2) is 0 Å². The molecule has 2 amide bonds. The minimum Gasteiger partial charge on any atom is -0.378 e. The summed E-state index contributed by atoms with van der Waals surface area (Å²) in [7, 11) is 0. The molecule has 6 nitrogen and oxygen atoms in total. The Hall–Kier alpha value is -2.86. The summed E-state index contributed by atoms with van der Waals surface area (Å²) in [6, 6.07) is 13.0. The molecular formula is C21H25N3O3. The van der Waals surface area contributed by atoms with Crippen LogP contribution in [0.1, 0.15) is 21.5 Å². The fourth-order valence-corrected chi connectivity index (χ4v) is 2.89. The van der Waals surface area contributed by atoms with E-state index in [4.69, 9.17) is 4.74 Å². The quantitative estimate of drug-likeness (QED) is 0.853. The Bertz CT molecular complexity index is 812. The maximum atomic E-state index is 12.4. The van der Waals surface area contributed by atoms with Gasteiger partial charge in [-0.05, 0) is 61.4 Å². The second-order valence-electron chi connectivity index (χ2n) is 6.68. The van der Waals surface area contributed by atoms with Crippen LogP contribution in [0, 0.1) is 13.8 Å². The van der Waals surface area contributed by atoms with Crippen LogP contribution >= 0.6 is 0 Å². The molecule has 0 radical (unpaired) electrons. The average molecular weight is 367 g/mol. The van der Waals surface area contributed by atoms with Crippen molar-refractivity contribution in [1.29, 1.82) is 0 Å². The van der Waals surface area contributed by atoms with E-state index in [1.54, 1.807) is 17.0 Å². The van der Waals surface area contributed by atoms with Gasteiger partial charge in [0.25, 0.3) is 5.91 Å². The predicted molar refractivity (Wildman–Crippen MR) is 106 cm³/mol. The van der Waals surface area contributed by atoms with Crippen LogP contribution in [-0.2, 0) is 9.53 Å². The molecule has 142 valence electrons. The summed E-state index contributed by atoms with van der Waals surface area (Å²) in [6.45, 7) is 6.62. The molecule has 0 aliphatic carbocycles. The van der Waals surface area contributed by atoms with Gasteiger partial charge in [0.2, 0.25) is 5.91 Å². The third-order valence-corrected chi connectivity index (χ3v) is 4.67. The van der Waals surface area contributed by atoms with Crippen LogP contribution in [0.3, 0.4) is 0 Å². The summed E-state index contributed by atoms with van der Waals surface area (Å²) in [4.78, 5) is 26.3. The number of ether oxygens (including phenoxy) is 1. The fraction of sp³-hybridized carbons (Fsp3) is 0.333. The van der Waals surface area contributed by atoms with Crippen molar-refractivity contribution in [3.05, 3.63) is 59.2 Å². The number of morpholine rings is 1. The van der Waals surface area contributed by atoms with Crippen LogP contribution in [0.4, 0.5) is 11.4 Å². The van der Waals surface area contributed by atoms with Crippen molar-refractivity contribution in [2.24, 2.45) is 0 Å². The number of rotatable bonds is 5. The zero-order valence-corrected chi connectivity index (χ0v) is 15.7. The Balaban J connectivity index is 1.51. The first-order valence-electron chi connectivity index (χ1n) is 9.11. The van der Waals surface area contributed by atoms with E-state index in [1.165, 1.54) is 5.56 Å². The summed E-state index contributed by atoms with van der Waals surface area (Å²) in [5.41, 5.74) is 4.56. The summed E-state index contributed by atoms with van der Waals surface area (Å²) >= 11 is 0. The number of amides is 2. The normalized spacial score (nSPS) is 13.9. The summed E-state index contributed by atoms with van der Waals surface area (Å²) in [6.07, 6.45) is 0. The Morgan fingerprint density at radius 2 is 1.63 bits per heavy atom. The van der Waals surface area contributed by atoms with Gasteiger partial charge < -0.3 is 20.3 Å². The molecule has 1 aliphatic rings. The molecule has 27 heavy (non-hydrogen) atoms. The molecule has 0 aromatic heterocycles. The van der Waals surface area contributed by atoms with Gasteiger partial charge in [0.15, 0.2) is 0 Å². The lowest BCUT2D eigenvalue weighted by atomic mass is 10.1. The zero-order chi connectivity index (χ0) is 19.2. The van der Waals surface area contributed by atoms with E-state index in [0.29, 0.717) is 31.9 Å². The fourth-order valence-electron chi connectivity index (χ4n) is 2.89. The number of carbonyl (C=O) groups is 2. The Kier molecular flexibility index (Phi) is 6.08. The van der Waals surface area contributed by atoms with E-state index in [9.17, 15) is 9.59 Å². The van der Waals surface area contributed by atoms with Crippen molar-refractivity contribution >= 4 is 23.2 Å². The molecular weight excluding hydrogens is 342 g/mol. The minimum absolute atomic E-state index is 0.0114. The highest BCUT2D eigenvalue weighted by molar-refractivity contribution is 5.95. The molecule has 6 heteroatoms. The Morgan fingerprint density at radius 1 is 0.963 bits per heavy atom. The highest BCUT2D eigenvalue weighted by atomic mass is 16.5. The highest BCUT2D eigenvalue weighted by Gasteiger charge is 2.18. The van der Waals surface area contributed by atoms with E-state index >= 15 is 0 Å². The summed E-state index contributed by atoms with van der Waals surface area (Å²) < 4.78 is 5.27. The van der Waals surface area contributed by atoms with Crippen molar-refractivity contribution < 1.29 is 14.3 Å². The van der Waals surface area contributed by atoms with Crippen molar-refractivity contribution in [3.63, 3.8) is 0 Å². The van der Waals surface area contributed by atoms with Gasteiger partial charge in [-0.2, -0.15) is 0 Å². The van der Waals surface area contributed by atoms with Crippen molar-refractivity contribution in [1.82, 2.24) is 4.90 Å². The maximum Gasteiger partial charge on any atom is 0.254 e. The lowest BCUT2D eigenvalue weighted by Gasteiger charge is -2.26. The highest BCUT2D eigenvalue weighted by Crippen LogP contribution is 2.15. The molecule has 0 atom stereocenters. The van der Waals surface area contributed by atoms with E-state index < -0.39 is 0 Å². The van der Waals surface area contributed by atoms with Crippen LogP contribution in [0.2, 0.25) is 0 Å². The van der Waals surface area contributed by atoms with Crippen LogP contribution < -0.4 is 10.6 Å². The lowest BCUT2D eigenvalue weighted by Crippen LogP contribution is -2.40. The van der Waals surface area contributed by atoms with Gasteiger partial charge in [0.1, 0.15) is 0 Å². The van der Waals surface area contributed by atoms with Gasteiger partial charge in [-0.1, -0.05) is 6.07 Å². The molecule has 2 N–H and O–H groups in total. The number of anilines is 2. The second kappa shape index (κ2) is 8.68. The van der Waals surface area contributed by atoms with Gasteiger partial charge in [-0.3, -0.25) is 9.59 Å². The van der Waals surface area contributed by atoms with Crippen LogP contribution in [-0.4, -0.2) is 49.6 Å². The molecule has 0 bridgehead atoms. The van der Waals surface area contributed by atoms with E-state index in [2.05, 4.69) is 10.6 Å². The standard InChI is InChI=1S/C21H25N3O3/c1-15-3-6-19(13-16(15)2)23-20(25)14-22-18-7-4-17(5-8-18)21(26)24-9-11-27-12-10-24/h3-8,13,22H,9-12,14H2,1-2H3,(H,23,25). The Labute approximate surface area is 159 Å². The molecule has 2 aromatic rings. The third-order valence-electron chi connectivity index (χ3n) is 4.67. The Morgan fingerprint density at radius 3 is 2.30 bits per heavy atom. The molecule has 0 unspecified atom stereocenters. The van der Waals surface area contributed by atoms with E-state index in [1.807, 2.05) is 44.2 Å². The first-order valence-corrected chi connectivity index (χ1v) is 9.11. The first-order chi connectivity index (χ1) is 13.0. The van der Waals surface area contributed by atoms with E-state index in [0.717, 1.165) is 16.9 Å². The topological polar surface area (TPSA) is 70.7 Å². The van der Waals surface area contributed by atoms with Crippen molar-refractivity contribution in [3.8, 4) is 0 Å². The molecule has 0 saturated carbocycles. The molecule has 1 heterocycles. The van der Waals surface area contributed by atoms with Crippen molar-refractivity contribution in [2.45, 2.75) is 13.8 Å². The van der Waals surface area contributed by atoms with Gasteiger partial charge >= 0.3 is 0 Å². The number of hydrogen-bond donors (Lipinski definition) is 2. The number of aryl methyl sites for hydroxylation is 2. The first kappa shape index (κ1) is 18.9. The van der Waals surface area contributed by atoms with Crippen LogP contribution in [0.25, 0.3) is 0 Å². The number of benzene rings is 2. The number of nitrogens with zero attached hydrogens (tertiary/aromatic N) is 1. The summed E-state index contributed by atoms with van der Waals surface area (Å²) in [5.74, 6) is -0.107. The SMILES string of the molecule is Cc1ccc(NC(=O)CNc2ccc(C(=O)N3CCOCC3)cc2)cc1C. The molecule has 1 aliphatic heterocycles. The second-order valence-corrected chi connectivity index (χ2v) is 6.68. The van der Waals surface area contributed by atoms with Crippen LogP contribution in [0.15, 0.2) is 42.5 Å². The third kappa shape index (κ3) is 5.08. The largest absolute Gasteiger partial charge is 0.378 e. The molecule has 2 aromatic carbocycles. The molecule has 3 rings (SSSR count). The number of nitrogens with one attached hydrogen (secondary N) is 2. The molecule has 0 spiro atoms. The monoisotopic (exact) mass is 367 g/mol. The van der Waals surface area contributed by atoms with Crippen molar-refractivity contribution in [2.75, 3.05) is 43.5 Å². The minimum atomic E-state index is -0.119. The van der Waals surface area contributed by atoms with Gasteiger partial charge in [0.05, 0.1) is 19.8 Å². The number of hydrogen-bond acceptors (Lipinski definition) is 4. The van der Waals surface area contributed by atoms with Gasteiger partial charge in [0, 0.05) is 30.0 Å². The number of carbonyl (C=O) groups excluding carboxylic acids is 2. The molecule has 1 fully saturated rings. The smallest absolute Gasteiger partial charge is 0.254 e. The molecule has 1 saturated heterocycles. The summed E-state index contributed by atoms with van der Waals surface area (Å²) in [5, 5.41) is 5.96. The predicted octanol–water partition coefficient (Wildman–Crippen LogP) is 2.83. The lowest BCUT2D eigenvalue weighted by molar-refractivity contribution is -0.114. The zero-order valence-electron chi connectivity index (χ0n) is 15.7.